The third-order valence-corrected chi connectivity index (χ3v) is 6.55. The summed E-state index contributed by atoms with van der Waals surface area (Å²) < 4.78 is 0. The van der Waals surface area contributed by atoms with E-state index in [2.05, 4.69) is 20.5 Å². The standard InChI is InChI=1S/C23H29N7O2/c1-13(2)30-18-11-16-15(10-14(18)23(3,4)21(30)31)25-20(26-16)19-17(12-24-28-19)27-22(32)29-8-6-5-7-9-29/h10-13H,5-9H2,1-4H3,(H,24,28)(H,25,26)(H,27,32). The number of aromatic amines is 2. The van der Waals surface area contributed by atoms with Crippen LogP contribution in [0.5, 0.6) is 0 Å². The maximum Gasteiger partial charge on any atom is 0.321 e. The first kappa shape index (κ1) is 20.5. The topological polar surface area (TPSA) is 110 Å². The summed E-state index contributed by atoms with van der Waals surface area (Å²) in [6.45, 7) is 9.50. The predicted molar refractivity (Wildman–Crippen MR) is 124 cm³/mol. The molecule has 0 aliphatic carbocycles. The van der Waals surface area contributed by atoms with Crippen LogP contribution in [0.15, 0.2) is 18.3 Å². The Kier molecular flexibility index (Phi) is 4.72. The summed E-state index contributed by atoms with van der Waals surface area (Å²) in [5.41, 5.74) is 4.02. The zero-order chi connectivity index (χ0) is 22.6. The second-order valence-electron chi connectivity index (χ2n) is 9.49. The van der Waals surface area contributed by atoms with E-state index in [1.807, 2.05) is 49.6 Å². The van der Waals surface area contributed by atoms with Gasteiger partial charge < -0.3 is 20.1 Å². The fourth-order valence-corrected chi connectivity index (χ4v) is 4.75. The van der Waals surface area contributed by atoms with E-state index in [9.17, 15) is 9.59 Å². The van der Waals surface area contributed by atoms with Crippen LogP contribution in [0.4, 0.5) is 16.2 Å². The Morgan fingerprint density at radius 2 is 1.94 bits per heavy atom. The summed E-state index contributed by atoms with van der Waals surface area (Å²) in [6, 6.07) is 3.93. The van der Waals surface area contributed by atoms with Crippen molar-refractivity contribution in [2.24, 2.45) is 0 Å². The highest BCUT2D eigenvalue weighted by molar-refractivity contribution is 6.10. The van der Waals surface area contributed by atoms with Crippen LogP contribution in [-0.2, 0) is 10.2 Å². The van der Waals surface area contributed by atoms with E-state index in [1.54, 1.807) is 6.20 Å². The first-order chi connectivity index (χ1) is 15.3. The molecular formula is C23H29N7O2. The molecule has 2 aliphatic rings. The second kappa shape index (κ2) is 7.36. The van der Waals surface area contributed by atoms with Crippen LogP contribution in [0.3, 0.4) is 0 Å². The molecule has 2 aliphatic heterocycles. The summed E-state index contributed by atoms with van der Waals surface area (Å²) in [4.78, 5) is 37.4. The van der Waals surface area contributed by atoms with Gasteiger partial charge in [0, 0.05) is 25.3 Å². The number of likely N-dealkylation sites (tertiary alicyclic amines) is 1. The Labute approximate surface area is 186 Å². The van der Waals surface area contributed by atoms with Crippen molar-refractivity contribution in [1.82, 2.24) is 25.1 Å². The van der Waals surface area contributed by atoms with Crippen molar-refractivity contribution in [2.75, 3.05) is 23.3 Å². The van der Waals surface area contributed by atoms with Gasteiger partial charge >= 0.3 is 6.03 Å². The van der Waals surface area contributed by atoms with Crippen LogP contribution in [0.1, 0.15) is 52.5 Å². The Hall–Kier alpha value is -3.36. The van der Waals surface area contributed by atoms with Gasteiger partial charge in [0.1, 0.15) is 0 Å². The third-order valence-electron chi connectivity index (χ3n) is 6.55. The van der Waals surface area contributed by atoms with Gasteiger partial charge in [-0.25, -0.2) is 9.78 Å². The fourth-order valence-electron chi connectivity index (χ4n) is 4.75. The Balaban J connectivity index is 1.49. The average Bonchev–Trinajstić information content (AvgIpc) is 3.43. The molecule has 32 heavy (non-hydrogen) atoms. The first-order valence-corrected chi connectivity index (χ1v) is 11.3. The molecule has 9 heteroatoms. The largest absolute Gasteiger partial charge is 0.336 e. The van der Waals surface area contributed by atoms with Crippen molar-refractivity contribution >= 4 is 34.3 Å². The number of H-pyrrole nitrogens is 2. The number of nitrogens with zero attached hydrogens (tertiary/aromatic N) is 4. The molecule has 4 heterocycles. The molecule has 1 saturated heterocycles. The molecule has 3 N–H and O–H groups in total. The van der Waals surface area contributed by atoms with Crippen LogP contribution in [-0.4, -0.2) is 56.1 Å². The molecule has 168 valence electrons. The second-order valence-corrected chi connectivity index (χ2v) is 9.49. The first-order valence-electron chi connectivity index (χ1n) is 11.3. The van der Waals surface area contributed by atoms with E-state index in [0.29, 0.717) is 17.2 Å². The van der Waals surface area contributed by atoms with Gasteiger partial charge in [-0.05, 0) is 64.7 Å². The van der Waals surface area contributed by atoms with Crippen LogP contribution >= 0.6 is 0 Å². The van der Waals surface area contributed by atoms with Gasteiger partial charge in [-0.3, -0.25) is 9.89 Å². The minimum absolute atomic E-state index is 0.0609. The lowest BCUT2D eigenvalue weighted by Gasteiger charge is -2.26. The lowest BCUT2D eigenvalue weighted by molar-refractivity contribution is -0.122. The van der Waals surface area contributed by atoms with Crippen molar-refractivity contribution < 1.29 is 9.59 Å². The normalized spacial score (nSPS) is 18.0. The summed E-state index contributed by atoms with van der Waals surface area (Å²) >= 11 is 0. The molecule has 2 aromatic heterocycles. The highest BCUT2D eigenvalue weighted by Gasteiger charge is 2.45. The number of urea groups is 1. The van der Waals surface area contributed by atoms with Gasteiger partial charge in [-0.15, -0.1) is 0 Å². The Bertz CT molecular complexity index is 1200. The molecule has 0 bridgehead atoms. The summed E-state index contributed by atoms with van der Waals surface area (Å²) in [5.74, 6) is 0.671. The molecule has 0 saturated carbocycles. The number of hydrogen-bond acceptors (Lipinski definition) is 4. The van der Waals surface area contributed by atoms with E-state index in [-0.39, 0.29) is 18.0 Å². The number of amides is 3. The van der Waals surface area contributed by atoms with Crippen LogP contribution in [0.25, 0.3) is 22.6 Å². The minimum Gasteiger partial charge on any atom is -0.336 e. The Morgan fingerprint density at radius 1 is 1.19 bits per heavy atom. The SMILES string of the molecule is CC(C)N1C(=O)C(C)(C)c2cc3nc(-c4n[nH]cc4NC(=O)N4CCCCC4)[nH]c3cc21. The molecule has 9 nitrogen and oxygen atoms in total. The number of hydrogen-bond donors (Lipinski definition) is 3. The van der Waals surface area contributed by atoms with Gasteiger partial charge in [-0.2, -0.15) is 5.10 Å². The van der Waals surface area contributed by atoms with Crippen LogP contribution in [0.2, 0.25) is 0 Å². The molecule has 3 amide bonds. The van der Waals surface area contributed by atoms with Gasteiger partial charge in [0.2, 0.25) is 5.91 Å². The van der Waals surface area contributed by atoms with Crippen molar-refractivity contribution in [3.8, 4) is 11.5 Å². The smallest absolute Gasteiger partial charge is 0.321 e. The number of nitrogens with one attached hydrogen (secondary N) is 3. The number of rotatable bonds is 3. The van der Waals surface area contributed by atoms with Gasteiger partial charge in [-0.1, -0.05) is 0 Å². The van der Waals surface area contributed by atoms with E-state index in [4.69, 9.17) is 4.98 Å². The van der Waals surface area contributed by atoms with E-state index >= 15 is 0 Å². The molecule has 5 rings (SSSR count). The van der Waals surface area contributed by atoms with Gasteiger partial charge in [0.05, 0.1) is 27.8 Å². The van der Waals surface area contributed by atoms with Crippen molar-refractivity contribution in [1.29, 1.82) is 0 Å². The third kappa shape index (κ3) is 3.14. The molecule has 1 aromatic carbocycles. The summed E-state index contributed by atoms with van der Waals surface area (Å²) in [7, 11) is 0. The minimum atomic E-state index is -0.604. The van der Waals surface area contributed by atoms with Crippen LogP contribution < -0.4 is 10.2 Å². The van der Waals surface area contributed by atoms with Crippen LogP contribution in [0, 0.1) is 0 Å². The summed E-state index contributed by atoms with van der Waals surface area (Å²) in [5, 5.41) is 10.1. The molecule has 0 atom stereocenters. The number of carbonyl (C=O) groups excluding carboxylic acids is 2. The van der Waals surface area contributed by atoms with Gasteiger partial charge in [0.25, 0.3) is 0 Å². The number of benzene rings is 1. The highest BCUT2D eigenvalue weighted by atomic mass is 16.2. The number of carbonyl (C=O) groups is 2. The number of piperidine rings is 1. The maximum atomic E-state index is 13.0. The van der Waals surface area contributed by atoms with Gasteiger partial charge in [0.15, 0.2) is 11.5 Å². The van der Waals surface area contributed by atoms with E-state index < -0.39 is 5.41 Å². The van der Waals surface area contributed by atoms with Crippen molar-refractivity contribution in [3.63, 3.8) is 0 Å². The fraction of sp³-hybridized carbons (Fsp3) is 0.478. The molecular weight excluding hydrogens is 406 g/mol. The lowest BCUT2D eigenvalue weighted by Crippen LogP contribution is -2.40. The lowest BCUT2D eigenvalue weighted by atomic mass is 9.86. The number of fused-ring (bicyclic) bond motifs is 2. The van der Waals surface area contributed by atoms with Crippen molar-refractivity contribution in [2.45, 2.75) is 58.4 Å². The number of aromatic nitrogens is 4. The zero-order valence-electron chi connectivity index (χ0n) is 19.0. The molecule has 0 spiro atoms. The van der Waals surface area contributed by atoms with E-state index in [0.717, 1.165) is 48.2 Å². The summed E-state index contributed by atoms with van der Waals surface area (Å²) in [6.07, 6.45) is 4.91. The monoisotopic (exact) mass is 435 g/mol. The predicted octanol–water partition coefficient (Wildman–Crippen LogP) is 4.00. The average molecular weight is 436 g/mol. The molecule has 0 unspecified atom stereocenters. The molecule has 3 aromatic rings. The molecule has 1 fully saturated rings. The quantitative estimate of drug-likeness (QED) is 0.577. The zero-order valence-corrected chi connectivity index (χ0v) is 19.0. The number of imidazole rings is 1. The van der Waals surface area contributed by atoms with E-state index in [1.165, 1.54) is 6.42 Å². The maximum absolute atomic E-state index is 13.0. The number of anilines is 2. The van der Waals surface area contributed by atoms with Crippen molar-refractivity contribution in [3.05, 3.63) is 23.9 Å². The molecule has 0 radical (unpaired) electrons. The highest BCUT2D eigenvalue weighted by Crippen LogP contribution is 2.44. The Morgan fingerprint density at radius 3 is 2.66 bits per heavy atom.